The highest BCUT2D eigenvalue weighted by molar-refractivity contribution is 5.77. The van der Waals surface area contributed by atoms with Crippen LogP contribution in [0.5, 0.6) is 5.75 Å². The Balaban J connectivity index is 1.75. The molecule has 2 N–H and O–H groups in total. The number of carbonyl (C=O) groups is 1. The molecule has 1 aliphatic carbocycles. The fourth-order valence-corrected chi connectivity index (χ4v) is 2.77. The molecule has 1 fully saturated rings. The molecule has 0 heterocycles. The van der Waals surface area contributed by atoms with E-state index in [2.05, 4.69) is 6.92 Å². The van der Waals surface area contributed by atoms with Crippen molar-refractivity contribution >= 4 is 5.97 Å². The minimum absolute atomic E-state index is 0.159. The summed E-state index contributed by atoms with van der Waals surface area (Å²) in [6.07, 6.45) is 3.77. The van der Waals surface area contributed by atoms with Gasteiger partial charge in [-0.1, -0.05) is 25.1 Å². The number of hydrogen-bond donors (Lipinski definition) is 1. The van der Waals surface area contributed by atoms with Crippen LogP contribution in [0.1, 0.15) is 32.6 Å². The van der Waals surface area contributed by atoms with Crippen molar-refractivity contribution in [2.45, 2.75) is 32.6 Å². The van der Waals surface area contributed by atoms with Crippen molar-refractivity contribution in [1.29, 1.82) is 0 Å². The van der Waals surface area contributed by atoms with Gasteiger partial charge in [-0.3, -0.25) is 4.79 Å². The van der Waals surface area contributed by atoms with Crippen LogP contribution in [0.4, 0.5) is 0 Å². The molecule has 0 radical (unpaired) electrons. The Morgan fingerprint density at radius 3 is 2.52 bits per heavy atom. The summed E-state index contributed by atoms with van der Waals surface area (Å²) < 4.78 is 10.9. The monoisotopic (exact) mass is 291 g/mol. The summed E-state index contributed by atoms with van der Waals surface area (Å²) >= 11 is 0. The Morgan fingerprint density at radius 2 is 1.90 bits per heavy atom. The molecule has 1 saturated carbocycles. The zero-order valence-corrected chi connectivity index (χ0v) is 12.7. The van der Waals surface area contributed by atoms with Crippen LogP contribution < -0.4 is 10.5 Å². The Kier molecular flexibility index (Phi) is 5.62. The van der Waals surface area contributed by atoms with Gasteiger partial charge in [0, 0.05) is 6.54 Å². The van der Waals surface area contributed by atoms with Gasteiger partial charge in [0.25, 0.3) is 0 Å². The summed E-state index contributed by atoms with van der Waals surface area (Å²) in [5, 5.41) is 0. The first-order chi connectivity index (χ1) is 10.2. The number of benzene rings is 1. The Hall–Kier alpha value is -1.55. The van der Waals surface area contributed by atoms with E-state index >= 15 is 0 Å². The van der Waals surface area contributed by atoms with Crippen molar-refractivity contribution in [3.05, 3.63) is 30.3 Å². The largest absolute Gasteiger partial charge is 0.490 e. The third kappa shape index (κ3) is 4.21. The molecule has 0 spiro atoms. The molecule has 4 nitrogen and oxygen atoms in total. The molecule has 2 rings (SSSR count). The van der Waals surface area contributed by atoms with Gasteiger partial charge in [0.2, 0.25) is 0 Å². The van der Waals surface area contributed by atoms with Crippen LogP contribution in [0.25, 0.3) is 0 Å². The van der Waals surface area contributed by atoms with Crippen molar-refractivity contribution in [3.8, 4) is 5.75 Å². The summed E-state index contributed by atoms with van der Waals surface area (Å²) in [5.74, 6) is 1.31. The minimum Gasteiger partial charge on any atom is -0.490 e. The van der Waals surface area contributed by atoms with Crippen LogP contribution in [0, 0.1) is 11.3 Å². The summed E-state index contributed by atoms with van der Waals surface area (Å²) in [6, 6.07) is 9.52. The molecule has 1 aromatic rings. The molecular formula is C17H25NO3. The third-order valence-corrected chi connectivity index (χ3v) is 4.38. The van der Waals surface area contributed by atoms with E-state index in [1.165, 1.54) is 0 Å². The van der Waals surface area contributed by atoms with E-state index in [0.717, 1.165) is 31.4 Å². The van der Waals surface area contributed by atoms with Crippen LogP contribution in [0.2, 0.25) is 0 Å². The molecule has 0 aromatic heterocycles. The van der Waals surface area contributed by atoms with Gasteiger partial charge in [-0.15, -0.1) is 0 Å². The van der Waals surface area contributed by atoms with Gasteiger partial charge in [-0.05, 0) is 43.7 Å². The molecule has 0 saturated heterocycles. The van der Waals surface area contributed by atoms with E-state index in [1.807, 2.05) is 30.3 Å². The second-order valence-electron chi connectivity index (χ2n) is 5.96. The molecule has 116 valence electrons. The molecule has 1 aliphatic rings. The number of nitrogens with two attached hydrogens (primary N) is 1. The lowest BCUT2D eigenvalue weighted by Gasteiger charge is -2.36. The molecule has 0 aliphatic heterocycles. The Morgan fingerprint density at radius 1 is 1.24 bits per heavy atom. The van der Waals surface area contributed by atoms with Crippen LogP contribution >= 0.6 is 0 Å². The normalized spacial score (nSPS) is 25.3. The molecule has 21 heavy (non-hydrogen) atoms. The van der Waals surface area contributed by atoms with E-state index in [9.17, 15) is 4.79 Å². The van der Waals surface area contributed by atoms with Crippen LogP contribution in [0.3, 0.4) is 0 Å². The average Bonchev–Trinajstić information content (AvgIpc) is 2.53. The van der Waals surface area contributed by atoms with Gasteiger partial charge < -0.3 is 15.2 Å². The van der Waals surface area contributed by atoms with Crippen molar-refractivity contribution in [3.63, 3.8) is 0 Å². The fraction of sp³-hybridized carbons (Fsp3) is 0.588. The summed E-state index contributed by atoms with van der Waals surface area (Å²) in [7, 11) is 0. The molecule has 1 aromatic carbocycles. The molecule has 0 atom stereocenters. The number of para-hydroxylation sites is 1. The third-order valence-electron chi connectivity index (χ3n) is 4.38. The Bertz CT molecular complexity index is 439. The first-order valence-corrected chi connectivity index (χ1v) is 7.71. The van der Waals surface area contributed by atoms with Crippen LogP contribution in [-0.4, -0.2) is 25.7 Å². The van der Waals surface area contributed by atoms with Gasteiger partial charge in [-0.2, -0.15) is 0 Å². The molecule has 0 amide bonds. The van der Waals surface area contributed by atoms with Gasteiger partial charge >= 0.3 is 5.97 Å². The predicted molar refractivity (Wildman–Crippen MR) is 82.0 cm³/mol. The molecule has 0 unspecified atom stereocenters. The van der Waals surface area contributed by atoms with E-state index < -0.39 is 5.41 Å². The number of hydrogen-bond acceptors (Lipinski definition) is 4. The van der Waals surface area contributed by atoms with Crippen LogP contribution in [0.15, 0.2) is 30.3 Å². The molecule has 0 bridgehead atoms. The number of esters is 1. The molecule has 4 heteroatoms. The summed E-state index contributed by atoms with van der Waals surface area (Å²) in [5.41, 5.74) is 5.37. The van der Waals surface area contributed by atoms with Gasteiger partial charge in [0.05, 0.1) is 5.41 Å². The van der Waals surface area contributed by atoms with Crippen LogP contribution in [-0.2, 0) is 9.53 Å². The fourth-order valence-electron chi connectivity index (χ4n) is 2.77. The second kappa shape index (κ2) is 7.46. The van der Waals surface area contributed by atoms with Gasteiger partial charge in [0.15, 0.2) is 0 Å². The smallest absolute Gasteiger partial charge is 0.313 e. The maximum atomic E-state index is 12.3. The quantitative estimate of drug-likeness (QED) is 0.646. The van der Waals surface area contributed by atoms with Crippen molar-refractivity contribution < 1.29 is 14.3 Å². The zero-order valence-electron chi connectivity index (χ0n) is 12.7. The molecular weight excluding hydrogens is 266 g/mol. The van der Waals surface area contributed by atoms with Gasteiger partial charge in [0.1, 0.15) is 19.0 Å². The number of carbonyl (C=O) groups excluding carboxylic acids is 1. The predicted octanol–water partition coefficient (Wildman–Crippen LogP) is 2.76. The second-order valence-corrected chi connectivity index (χ2v) is 5.96. The number of ether oxygens (including phenoxy) is 2. The van der Waals surface area contributed by atoms with E-state index in [-0.39, 0.29) is 12.6 Å². The highest BCUT2D eigenvalue weighted by Gasteiger charge is 2.41. The first-order valence-electron chi connectivity index (χ1n) is 7.71. The maximum Gasteiger partial charge on any atom is 0.313 e. The standard InChI is InChI=1S/C17H25NO3/c1-14-7-9-17(13-18,10-8-14)16(19)21-12-11-20-15-5-3-2-4-6-15/h2-6,14H,7-13,18H2,1H3. The highest BCUT2D eigenvalue weighted by atomic mass is 16.6. The lowest BCUT2D eigenvalue weighted by molar-refractivity contribution is -0.158. The average molecular weight is 291 g/mol. The maximum absolute atomic E-state index is 12.3. The SMILES string of the molecule is CC1CCC(CN)(C(=O)OCCOc2ccccc2)CC1. The lowest BCUT2D eigenvalue weighted by atomic mass is 9.71. The van der Waals surface area contributed by atoms with Crippen molar-refractivity contribution in [2.24, 2.45) is 17.1 Å². The van der Waals surface area contributed by atoms with Crippen molar-refractivity contribution in [2.75, 3.05) is 19.8 Å². The zero-order chi connectivity index (χ0) is 15.1. The summed E-state index contributed by atoms with van der Waals surface area (Å²) in [6.45, 7) is 3.23. The Labute approximate surface area is 126 Å². The van der Waals surface area contributed by atoms with E-state index in [1.54, 1.807) is 0 Å². The topological polar surface area (TPSA) is 61.6 Å². The van der Waals surface area contributed by atoms with E-state index in [0.29, 0.717) is 19.1 Å². The number of rotatable bonds is 6. The minimum atomic E-state index is -0.473. The van der Waals surface area contributed by atoms with Crippen molar-refractivity contribution in [1.82, 2.24) is 0 Å². The lowest BCUT2D eigenvalue weighted by Crippen LogP contribution is -2.43. The first kappa shape index (κ1) is 15.8. The van der Waals surface area contributed by atoms with Gasteiger partial charge in [-0.25, -0.2) is 0 Å². The summed E-state index contributed by atoms with van der Waals surface area (Å²) in [4.78, 5) is 12.3. The highest BCUT2D eigenvalue weighted by Crippen LogP contribution is 2.39. The van der Waals surface area contributed by atoms with E-state index in [4.69, 9.17) is 15.2 Å².